The topological polar surface area (TPSA) is 59.9 Å². The fraction of sp³-hybridized carbons (Fsp3) is 0.120. The molecule has 0 spiro atoms. The molecule has 0 radical (unpaired) electrons. The maximum Gasteiger partial charge on any atom is 0.280 e. The van der Waals surface area contributed by atoms with Crippen LogP contribution in [0.5, 0.6) is 11.5 Å². The fourth-order valence-corrected chi connectivity index (χ4v) is 2.57. The monoisotopic (exact) mass is 400 g/mol. The van der Waals surface area contributed by atoms with Gasteiger partial charge in [0.25, 0.3) is 5.91 Å². The second-order valence-electron chi connectivity index (χ2n) is 6.53. The molecule has 5 nitrogen and oxygen atoms in total. The predicted octanol–water partition coefficient (Wildman–Crippen LogP) is 4.85. The molecule has 3 aromatic carbocycles. The minimum absolute atomic E-state index is 0.330. The quantitative estimate of drug-likeness (QED) is 0.413. The van der Waals surface area contributed by atoms with Gasteiger partial charge in [0, 0.05) is 6.21 Å². The molecule has 0 saturated heterocycles. The van der Waals surface area contributed by atoms with Gasteiger partial charge in [-0.15, -0.1) is 0 Å². The number of ether oxygens (including phenoxy) is 2. The molecule has 152 valence electrons. The van der Waals surface area contributed by atoms with E-state index in [1.165, 1.54) is 6.21 Å². The second kappa shape index (κ2) is 11.2. The summed E-state index contributed by atoms with van der Waals surface area (Å²) in [6.07, 6.45) is 4.50. The van der Waals surface area contributed by atoms with Crippen molar-refractivity contribution in [2.75, 3.05) is 0 Å². The van der Waals surface area contributed by atoms with Gasteiger partial charge in [-0.1, -0.05) is 66.7 Å². The number of allylic oxidation sites excluding steroid dienone is 1. The van der Waals surface area contributed by atoms with Crippen molar-refractivity contribution in [2.45, 2.75) is 19.6 Å². The number of carbonyl (C=O) groups excluding carboxylic acids is 1. The summed E-state index contributed by atoms with van der Waals surface area (Å²) in [4.78, 5) is 12.1. The van der Waals surface area contributed by atoms with E-state index in [0.717, 1.165) is 16.9 Å². The van der Waals surface area contributed by atoms with Crippen molar-refractivity contribution in [1.29, 1.82) is 0 Å². The van der Waals surface area contributed by atoms with Gasteiger partial charge in [0.15, 0.2) is 6.10 Å². The number of nitrogens with zero attached hydrogens (tertiary/aromatic N) is 1. The number of hydrazone groups is 1. The van der Waals surface area contributed by atoms with Crippen LogP contribution < -0.4 is 14.9 Å². The highest BCUT2D eigenvalue weighted by molar-refractivity contribution is 5.83. The van der Waals surface area contributed by atoms with Crippen LogP contribution in [-0.2, 0) is 11.4 Å². The Morgan fingerprint density at radius 1 is 0.933 bits per heavy atom. The molecular formula is C25H24N2O3. The number of amides is 1. The van der Waals surface area contributed by atoms with E-state index < -0.39 is 6.10 Å². The molecule has 0 aliphatic heterocycles. The molecule has 0 heterocycles. The van der Waals surface area contributed by atoms with E-state index in [1.807, 2.05) is 78.9 Å². The zero-order valence-electron chi connectivity index (χ0n) is 16.8. The number of benzene rings is 3. The van der Waals surface area contributed by atoms with Gasteiger partial charge in [0.2, 0.25) is 0 Å². The average Bonchev–Trinajstić information content (AvgIpc) is 2.79. The Morgan fingerprint density at radius 3 is 2.27 bits per heavy atom. The van der Waals surface area contributed by atoms with Gasteiger partial charge in [-0.2, -0.15) is 5.10 Å². The lowest BCUT2D eigenvalue weighted by atomic mass is 10.2. The lowest BCUT2D eigenvalue weighted by Gasteiger charge is -2.13. The van der Waals surface area contributed by atoms with Crippen molar-refractivity contribution < 1.29 is 14.3 Å². The highest BCUT2D eigenvalue weighted by Crippen LogP contribution is 2.19. The molecule has 1 atom stereocenters. The van der Waals surface area contributed by atoms with Crippen molar-refractivity contribution in [1.82, 2.24) is 5.43 Å². The molecule has 0 bridgehead atoms. The molecule has 1 unspecified atom stereocenters. The van der Waals surface area contributed by atoms with Gasteiger partial charge in [-0.3, -0.25) is 4.79 Å². The summed E-state index contributed by atoms with van der Waals surface area (Å²) in [5.41, 5.74) is 4.63. The van der Waals surface area contributed by atoms with Crippen LogP contribution in [0.1, 0.15) is 18.1 Å². The second-order valence-corrected chi connectivity index (χ2v) is 6.53. The maximum absolute atomic E-state index is 12.1. The standard InChI is InChI=1S/C25H24N2O3/c1-20(25(28)27-26-18-8-13-21-9-4-2-5-10-21)30-24-16-14-23(15-17-24)29-19-22-11-6-3-7-12-22/h2-18,20H,19H2,1H3,(H,27,28)/b13-8+,26-18+. The first-order valence-corrected chi connectivity index (χ1v) is 9.69. The summed E-state index contributed by atoms with van der Waals surface area (Å²) in [6, 6.07) is 27.0. The largest absolute Gasteiger partial charge is 0.489 e. The third-order valence-corrected chi connectivity index (χ3v) is 4.18. The van der Waals surface area contributed by atoms with Crippen LogP contribution in [0.25, 0.3) is 6.08 Å². The van der Waals surface area contributed by atoms with E-state index in [4.69, 9.17) is 9.47 Å². The van der Waals surface area contributed by atoms with E-state index in [2.05, 4.69) is 10.5 Å². The summed E-state index contributed by atoms with van der Waals surface area (Å²) < 4.78 is 11.4. The highest BCUT2D eigenvalue weighted by Gasteiger charge is 2.13. The summed E-state index contributed by atoms with van der Waals surface area (Å²) >= 11 is 0. The van der Waals surface area contributed by atoms with Crippen molar-refractivity contribution in [3.63, 3.8) is 0 Å². The van der Waals surface area contributed by atoms with E-state index in [0.29, 0.717) is 12.4 Å². The maximum atomic E-state index is 12.1. The van der Waals surface area contributed by atoms with Crippen LogP contribution in [0.2, 0.25) is 0 Å². The van der Waals surface area contributed by atoms with Gasteiger partial charge in [-0.25, -0.2) is 5.43 Å². The summed E-state index contributed by atoms with van der Waals surface area (Å²) in [5.74, 6) is 0.986. The number of carbonyl (C=O) groups is 1. The first-order valence-electron chi connectivity index (χ1n) is 9.69. The highest BCUT2D eigenvalue weighted by atomic mass is 16.5. The van der Waals surface area contributed by atoms with Crippen LogP contribution in [0.3, 0.4) is 0 Å². The molecule has 0 aliphatic carbocycles. The van der Waals surface area contributed by atoms with E-state index in [1.54, 1.807) is 25.1 Å². The summed E-state index contributed by atoms with van der Waals surface area (Å²) in [6.45, 7) is 2.17. The Hall–Kier alpha value is -3.86. The molecule has 0 saturated carbocycles. The van der Waals surface area contributed by atoms with E-state index in [9.17, 15) is 4.79 Å². The number of rotatable bonds is 9. The minimum atomic E-state index is -0.684. The van der Waals surface area contributed by atoms with E-state index >= 15 is 0 Å². The van der Waals surface area contributed by atoms with Gasteiger partial charge < -0.3 is 9.47 Å². The third-order valence-electron chi connectivity index (χ3n) is 4.18. The Kier molecular flexibility index (Phi) is 7.80. The first-order chi connectivity index (χ1) is 14.7. The molecular weight excluding hydrogens is 376 g/mol. The van der Waals surface area contributed by atoms with Gasteiger partial charge >= 0.3 is 0 Å². The number of hydrogen-bond acceptors (Lipinski definition) is 4. The predicted molar refractivity (Wildman–Crippen MR) is 119 cm³/mol. The Balaban J connectivity index is 1.42. The molecule has 1 N–H and O–H groups in total. The molecule has 30 heavy (non-hydrogen) atoms. The average molecular weight is 400 g/mol. The number of nitrogens with one attached hydrogen (secondary N) is 1. The lowest BCUT2D eigenvalue weighted by Crippen LogP contribution is -2.33. The van der Waals surface area contributed by atoms with Gasteiger partial charge in [0.05, 0.1) is 0 Å². The molecule has 0 fully saturated rings. The summed E-state index contributed by atoms with van der Waals surface area (Å²) in [5, 5.41) is 3.90. The third kappa shape index (κ3) is 6.95. The van der Waals surface area contributed by atoms with E-state index in [-0.39, 0.29) is 5.91 Å². The van der Waals surface area contributed by atoms with Crippen LogP contribution in [0.15, 0.2) is 96.1 Å². The SMILES string of the molecule is CC(Oc1ccc(OCc2ccccc2)cc1)C(=O)N/N=C/C=C/c1ccccc1. The van der Waals surface area contributed by atoms with Crippen molar-refractivity contribution >= 4 is 18.2 Å². The van der Waals surface area contributed by atoms with Crippen molar-refractivity contribution in [3.05, 3.63) is 102 Å². The zero-order valence-corrected chi connectivity index (χ0v) is 16.8. The van der Waals surface area contributed by atoms with Gasteiger partial charge in [0.1, 0.15) is 18.1 Å². The zero-order chi connectivity index (χ0) is 21.0. The molecule has 0 aliphatic rings. The summed E-state index contributed by atoms with van der Waals surface area (Å²) in [7, 11) is 0. The van der Waals surface area contributed by atoms with Crippen molar-refractivity contribution in [3.8, 4) is 11.5 Å². The molecule has 0 aromatic heterocycles. The smallest absolute Gasteiger partial charge is 0.280 e. The van der Waals surface area contributed by atoms with Gasteiger partial charge in [-0.05, 0) is 48.4 Å². The Bertz CT molecular complexity index is 968. The fourth-order valence-electron chi connectivity index (χ4n) is 2.57. The van der Waals surface area contributed by atoms with Crippen molar-refractivity contribution in [2.24, 2.45) is 5.10 Å². The molecule has 3 aromatic rings. The normalized spacial score (nSPS) is 12.0. The molecule has 5 heteroatoms. The van der Waals surface area contributed by atoms with Crippen LogP contribution in [0.4, 0.5) is 0 Å². The first kappa shape index (κ1) is 20.9. The Labute approximate surface area is 176 Å². The van der Waals surface area contributed by atoms with Crippen LogP contribution >= 0.6 is 0 Å². The lowest BCUT2D eigenvalue weighted by molar-refractivity contribution is -0.127. The number of hydrogen-bond donors (Lipinski definition) is 1. The molecule has 3 rings (SSSR count). The van der Waals surface area contributed by atoms with Crippen LogP contribution in [0, 0.1) is 0 Å². The Morgan fingerprint density at radius 2 is 1.57 bits per heavy atom. The minimum Gasteiger partial charge on any atom is -0.489 e. The molecule has 1 amide bonds. The van der Waals surface area contributed by atoms with Crippen LogP contribution in [-0.4, -0.2) is 18.2 Å².